The first-order valence-corrected chi connectivity index (χ1v) is 10.5. The zero-order valence-corrected chi connectivity index (χ0v) is 17.6. The predicted molar refractivity (Wildman–Crippen MR) is 124 cm³/mol. The van der Waals surface area contributed by atoms with Crippen LogP contribution >= 0.6 is 0 Å². The molecule has 1 aliphatic heterocycles. The highest BCUT2D eigenvalue weighted by atomic mass is 19.1. The second-order valence-corrected chi connectivity index (χ2v) is 7.68. The van der Waals surface area contributed by atoms with E-state index in [9.17, 15) is 4.39 Å². The van der Waals surface area contributed by atoms with E-state index in [1.165, 1.54) is 17.8 Å². The molecule has 32 heavy (non-hydrogen) atoms. The molecule has 0 atom stereocenters. The average Bonchev–Trinajstić information content (AvgIpc) is 2.81. The van der Waals surface area contributed by atoms with E-state index in [-0.39, 0.29) is 5.82 Å². The van der Waals surface area contributed by atoms with E-state index in [0.717, 1.165) is 37.4 Å². The zero-order chi connectivity index (χ0) is 21.9. The topological polar surface area (TPSA) is 90.9 Å². The summed E-state index contributed by atoms with van der Waals surface area (Å²) in [5.74, 6) is 0.704. The van der Waals surface area contributed by atoms with E-state index in [2.05, 4.69) is 53.1 Å². The van der Waals surface area contributed by atoms with Crippen LogP contribution in [0.1, 0.15) is 5.56 Å². The van der Waals surface area contributed by atoms with Gasteiger partial charge in [0.15, 0.2) is 0 Å². The third-order valence-corrected chi connectivity index (χ3v) is 5.42. The Morgan fingerprint density at radius 1 is 1.03 bits per heavy atom. The van der Waals surface area contributed by atoms with E-state index in [1.54, 1.807) is 18.5 Å². The molecule has 0 saturated carbocycles. The van der Waals surface area contributed by atoms with Crippen LogP contribution in [0.3, 0.4) is 0 Å². The molecule has 1 fully saturated rings. The van der Waals surface area contributed by atoms with Crippen molar-refractivity contribution in [2.24, 2.45) is 0 Å². The Labute approximate surface area is 184 Å². The smallest absolute Gasteiger partial charge is 0.229 e. The molecule has 3 N–H and O–H groups in total. The average molecular weight is 430 g/mol. The summed E-state index contributed by atoms with van der Waals surface area (Å²) in [6, 6.07) is 12.9. The van der Waals surface area contributed by atoms with Crippen molar-refractivity contribution in [2.75, 3.05) is 41.7 Å². The number of aromatic nitrogens is 4. The van der Waals surface area contributed by atoms with Gasteiger partial charge in [-0.1, -0.05) is 0 Å². The van der Waals surface area contributed by atoms with Gasteiger partial charge in [0.1, 0.15) is 11.6 Å². The standard InChI is InChI=1S/C23H23FN8/c1-15-12-16(24)13-19-20(14-27-31-22(15)19)29-21-6-7-26-23(30-21)28-17-2-4-18(5-3-17)32-10-8-25-9-11-32/h2-7,12-14,25H,8-11H2,1H3,(H2,26,28,29,30,31). The van der Waals surface area contributed by atoms with Crippen LogP contribution in [0.5, 0.6) is 0 Å². The highest BCUT2D eigenvalue weighted by Gasteiger charge is 2.11. The van der Waals surface area contributed by atoms with Crippen LogP contribution < -0.4 is 20.9 Å². The first kappa shape index (κ1) is 20.1. The van der Waals surface area contributed by atoms with Gasteiger partial charge < -0.3 is 20.9 Å². The number of hydrogen-bond acceptors (Lipinski definition) is 8. The minimum atomic E-state index is -0.319. The Morgan fingerprint density at radius 3 is 2.66 bits per heavy atom. The number of nitrogens with zero attached hydrogens (tertiary/aromatic N) is 5. The molecule has 0 radical (unpaired) electrons. The van der Waals surface area contributed by atoms with Crippen molar-refractivity contribution in [3.8, 4) is 0 Å². The summed E-state index contributed by atoms with van der Waals surface area (Å²) in [5.41, 5.74) is 4.10. The highest BCUT2D eigenvalue weighted by molar-refractivity contribution is 5.93. The molecule has 5 rings (SSSR count). The number of piperazine rings is 1. The van der Waals surface area contributed by atoms with Crippen molar-refractivity contribution in [2.45, 2.75) is 6.92 Å². The Bertz CT molecular complexity index is 1240. The monoisotopic (exact) mass is 430 g/mol. The molecule has 8 nitrogen and oxygen atoms in total. The summed E-state index contributed by atoms with van der Waals surface area (Å²) in [4.78, 5) is 11.2. The molecule has 0 aliphatic carbocycles. The van der Waals surface area contributed by atoms with Crippen molar-refractivity contribution in [3.05, 3.63) is 66.2 Å². The normalized spacial score (nSPS) is 13.9. The quantitative estimate of drug-likeness (QED) is 0.441. The molecule has 0 spiro atoms. The predicted octanol–water partition coefficient (Wildman–Crippen LogP) is 3.76. The molecule has 0 amide bonds. The van der Waals surface area contributed by atoms with Crippen LogP contribution in [-0.4, -0.2) is 46.3 Å². The minimum Gasteiger partial charge on any atom is -0.369 e. The molecule has 4 aromatic rings. The molecule has 2 aromatic heterocycles. The lowest BCUT2D eigenvalue weighted by Crippen LogP contribution is -2.43. The summed E-state index contributed by atoms with van der Waals surface area (Å²) in [5, 5.41) is 18.6. The van der Waals surface area contributed by atoms with Gasteiger partial charge in [0, 0.05) is 49.1 Å². The molecule has 1 saturated heterocycles. The summed E-state index contributed by atoms with van der Waals surface area (Å²) in [6.07, 6.45) is 3.22. The molecule has 162 valence electrons. The number of nitrogens with one attached hydrogen (secondary N) is 3. The van der Waals surface area contributed by atoms with Gasteiger partial charge in [-0.05, 0) is 55.0 Å². The zero-order valence-electron chi connectivity index (χ0n) is 17.6. The van der Waals surface area contributed by atoms with Gasteiger partial charge in [-0.15, -0.1) is 0 Å². The fraction of sp³-hybridized carbons (Fsp3) is 0.217. The van der Waals surface area contributed by atoms with E-state index in [1.807, 2.05) is 19.1 Å². The molecule has 0 unspecified atom stereocenters. The lowest BCUT2D eigenvalue weighted by molar-refractivity contribution is 0.589. The highest BCUT2D eigenvalue weighted by Crippen LogP contribution is 2.27. The van der Waals surface area contributed by atoms with Gasteiger partial charge in [-0.3, -0.25) is 0 Å². The van der Waals surface area contributed by atoms with Crippen LogP contribution in [-0.2, 0) is 0 Å². The Balaban J connectivity index is 1.34. The first-order chi connectivity index (χ1) is 15.7. The summed E-state index contributed by atoms with van der Waals surface area (Å²) >= 11 is 0. The number of anilines is 5. The maximum atomic E-state index is 14.0. The lowest BCUT2D eigenvalue weighted by Gasteiger charge is -2.29. The van der Waals surface area contributed by atoms with E-state index < -0.39 is 0 Å². The number of halogens is 1. The maximum absolute atomic E-state index is 14.0. The van der Waals surface area contributed by atoms with E-state index >= 15 is 0 Å². The summed E-state index contributed by atoms with van der Waals surface area (Å²) in [7, 11) is 0. The van der Waals surface area contributed by atoms with Crippen molar-refractivity contribution < 1.29 is 4.39 Å². The molecular weight excluding hydrogens is 407 g/mol. The number of fused-ring (bicyclic) bond motifs is 1. The van der Waals surface area contributed by atoms with Crippen molar-refractivity contribution in [1.82, 2.24) is 25.5 Å². The van der Waals surface area contributed by atoms with Gasteiger partial charge in [0.2, 0.25) is 5.95 Å². The van der Waals surface area contributed by atoms with Crippen molar-refractivity contribution in [1.29, 1.82) is 0 Å². The first-order valence-electron chi connectivity index (χ1n) is 10.5. The van der Waals surface area contributed by atoms with Crippen molar-refractivity contribution >= 4 is 39.7 Å². The lowest BCUT2D eigenvalue weighted by atomic mass is 10.1. The molecular formula is C23H23FN8. The molecule has 2 aromatic carbocycles. The minimum absolute atomic E-state index is 0.319. The maximum Gasteiger partial charge on any atom is 0.229 e. The number of benzene rings is 2. The van der Waals surface area contributed by atoms with Crippen LogP contribution in [0, 0.1) is 12.7 Å². The van der Waals surface area contributed by atoms with Crippen LogP contribution in [0.25, 0.3) is 10.9 Å². The number of hydrogen-bond donors (Lipinski definition) is 3. The van der Waals surface area contributed by atoms with Gasteiger partial charge in [0.05, 0.1) is 17.4 Å². The Kier molecular flexibility index (Phi) is 5.47. The SMILES string of the molecule is Cc1cc(F)cc2c(Nc3ccnc(Nc4ccc(N5CCNCC5)cc4)n3)cnnc12. The Hall–Kier alpha value is -3.85. The van der Waals surface area contributed by atoms with E-state index in [0.29, 0.717) is 28.4 Å². The van der Waals surface area contributed by atoms with Gasteiger partial charge in [-0.25, -0.2) is 9.37 Å². The number of rotatable bonds is 5. The Morgan fingerprint density at radius 2 is 1.84 bits per heavy atom. The summed E-state index contributed by atoms with van der Waals surface area (Å²) in [6.45, 7) is 5.82. The van der Waals surface area contributed by atoms with Gasteiger partial charge >= 0.3 is 0 Å². The third-order valence-electron chi connectivity index (χ3n) is 5.42. The van der Waals surface area contributed by atoms with Gasteiger partial charge in [0.25, 0.3) is 0 Å². The van der Waals surface area contributed by atoms with E-state index in [4.69, 9.17) is 0 Å². The molecule has 1 aliphatic rings. The van der Waals surface area contributed by atoms with Crippen LogP contribution in [0.15, 0.2) is 54.9 Å². The number of aryl methyl sites for hydroxylation is 1. The summed E-state index contributed by atoms with van der Waals surface area (Å²) < 4.78 is 14.0. The largest absolute Gasteiger partial charge is 0.369 e. The van der Waals surface area contributed by atoms with Crippen molar-refractivity contribution in [3.63, 3.8) is 0 Å². The second-order valence-electron chi connectivity index (χ2n) is 7.68. The fourth-order valence-corrected chi connectivity index (χ4v) is 3.82. The molecule has 9 heteroatoms. The fourth-order valence-electron chi connectivity index (χ4n) is 3.82. The third kappa shape index (κ3) is 4.28. The second kappa shape index (κ2) is 8.72. The van der Waals surface area contributed by atoms with Crippen LogP contribution in [0.2, 0.25) is 0 Å². The van der Waals surface area contributed by atoms with Crippen LogP contribution in [0.4, 0.5) is 33.2 Å². The molecule has 0 bridgehead atoms. The van der Waals surface area contributed by atoms with Gasteiger partial charge in [-0.2, -0.15) is 15.2 Å². The molecule has 3 heterocycles.